The zero-order valence-electron chi connectivity index (χ0n) is 27.1. The van der Waals surface area contributed by atoms with Crippen molar-refractivity contribution in [3.05, 3.63) is 53.2 Å². The number of hydrogen-bond acceptors (Lipinski definition) is 6. The van der Waals surface area contributed by atoms with Crippen LogP contribution in [0.1, 0.15) is 73.9 Å². The Morgan fingerprint density at radius 2 is 1.80 bits per heavy atom. The van der Waals surface area contributed by atoms with Gasteiger partial charge < -0.3 is 19.6 Å². The molecule has 1 aromatic carbocycles. The first-order chi connectivity index (χ1) is 21.9. The van der Waals surface area contributed by atoms with E-state index in [1.165, 1.54) is 4.90 Å². The average Bonchev–Trinajstić information content (AvgIpc) is 3.36. The Labute approximate surface area is 269 Å². The average molecular weight is 638 g/mol. The lowest BCUT2D eigenvalue weighted by Crippen LogP contribution is -2.60. The molecule has 2 amide bonds. The number of likely N-dealkylation sites (tertiary alicyclic amines) is 2. The molecule has 4 heterocycles. The molecule has 9 nitrogen and oxygen atoms in total. The summed E-state index contributed by atoms with van der Waals surface area (Å²) in [6.07, 6.45) is 6.70. The number of aliphatic imine (C=N–C) groups is 1. The molecule has 1 saturated carbocycles. The maximum atomic E-state index is 13.4. The molecule has 0 bridgehead atoms. The van der Waals surface area contributed by atoms with E-state index in [0.29, 0.717) is 61.9 Å². The van der Waals surface area contributed by atoms with E-state index < -0.39 is 24.6 Å². The molecular weight excluding hydrogens is 592 g/mol. The van der Waals surface area contributed by atoms with E-state index in [2.05, 4.69) is 19.8 Å². The van der Waals surface area contributed by atoms with E-state index in [9.17, 15) is 23.5 Å². The summed E-state index contributed by atoms with van der Waals surface area (Å²) in [4.78, 5) is 41.1. The van der Waals surface area contributed by atoms with Crippen molar-refractivity contribution < 1.29 is 28.2 Å². The maximum Gasteiger partial charge on any atom is 0.282 e. The van der Waals surface area contributed by atoms with Gasteiger partial charge in [0.25, 0.3) is 11.8 Å². The molecule has 0 spiro atoms. The van der Waals surface area contributed by atoms with Crippen LogP contribution in [0, 0.1) is 18.8 Å². The predicted octanol–water partition coefficient (Wildman–Crippen LogP) is 4.89. The number of anilines is 1. The zero-order valence-corrected chi connectivity index (χ0v) is 27.1. The van der Waals surface area contributed by atoms with Crippen molar-refractivity contribution in [2.75, 3.05) is 44.2 Å². The third-order valence-corrected chi connectivity index (χ3v) is 10.1. The highest BCUT2D eigenvalue weighted by Crippen LogP contribution is 2.40. The van der Waals surface area contributed by atoms with E-state index >= 15 is 0 Å². The lowest BCUT2D eigenvalue weighted by Gasteiger charge is -2.42. The highest BCUT2D eigenvalue weighted by molar-refractivity contribution is 6.12. The van der Waals surface area contributed by atoms with Gasteiger partial charge in [0.1, 0.15) is 12.4 Å². The molecule has 0 radical (unpaired) electrons. The molecule has 0 atom stereocenters. The number of carbonyl (C=O) groups excluding carboxylic acids is 2. The molecule has 3 fully saturated rings. The van der Waals surface area contributed by atoms with Crippen LogP contribution in [0.5, 0.6) is 5.88 Å². The van der Waals surface area contributed by atoms with Gasteiger partial charge in [-0.25, -0.2) is 13.8 Å². The van der Waals surface area contributed by atoms with Crippen molar-refractivity contribution in [1.82, 2.24) is 14.8 Å². The second-order valence-corrected chi connectivity index (χ2v) is 14.1. The van der Waals surface area contributed by atoms with Gasteiger partial charge in [0.15, 0.2) is 0 Å². The molecule has 2 aromatic rings. The standard InChI is InChI=1S/C35H45F2N5O4/c1-23-5-4-6-25(17-23)32(43)39-30-18-26-20-38-31(46-16-15-40-13-11-27(12-14-40)34(2,3)45)19-29(26)42(30)28-9-7-24(8-10-28)33(44)41-21-35(36,37)22-41/h4-6,17,19-20,24,27-28,45H,7-16,18,21-22H2,1-3H3. The number of nitrogens with zero attached hydrogens (tertiary/aromatic N) is 5. The summed E-state index contributed by atoms with van der Waals surface area (Å²) < 4.78 is 32.9. The Hall–Kier alpha value is -3.44. The minimum atomic E-state index is -2.77. The fourth-order valence-corrected chi connectivity index (χ4v) is 7.40. The summed E-state index contributed by atoms with van der Waals surface area (Å²) in [5.41, 5.74) is 2.71. The van der Waals surface area contributed by atoms with E-state index in [-0.39, 0.29) is 23.8 Å². The summed E-state index contributed by atoms with van der Waals surface area (Å²) in [5, 5.41) is 10.3. The van der Waals surface area contributed by atoms with Gasteiger partial charge in [-0.05, 0) is 90.4 Å². The fraction of sp³-hybridized carbons (Fsp3) is 0.600. The van der Waals surface area contributed by atoms with Crippen molar-refractivity contribution in [2.24, 2.45) is 16.8 Å². The number of aryl methyl sites for hydroxylation is 1. The summed E-state index contributed by atoms with van der Waals surface area (Å²) in [7, 11) is 0. The molecule has 1 aromatic heterocycles. The Morgan fingerprint density at radius 1 is 1.09 bits per heavy atom. The topological polar surface area (TPSA) is 98.6 Å². The molecule has 1 aliphatic carbocycles. The number of ether oxygens (including phenoxy) is 1. The van der Waals surface area contributed by atoms with Crippen molar-refractivity contribution >= 4 is 23.3 Å². The van der Waals surface area contributed by atoms with Crippen LogP contribution in [-0.4, -0.2) is 94.4 Å². The summed E-state index contributed by atoms with van der Waals surface area (Å²) in [6, 6.07) is 9.31. The first kappa shape index (κ1) is 32.5. The van der Waals surface area contributed by atoms with Crippen molar-refractivity contribution in [3.63, 3.8) is 0 Å². The summed E-state index contributed by atoms with van der Waals surface area (Å²) in [6.45, 7) is 7.82. The Kier molecular flexibility index (Phi) is 9.17. The highest BCUT2D eigenvalue weighted by Gasteiger charge is 2.48. The minimum absolute atomic E-state index is 0.000452. The quantitative estimate of drug-likeness (QED) is 0.440. The third kappa shape index (κ3) is 7.25. The number of amides is 2. The highest BCUT2D eigenvalue weighted by atomic mass is 19.3. The van der Waals surface area contributed by atoms with Gasteiger partial charge in [-0.1, -0.05) is 17.7 Å². The monoisotopic (exact) mass is 637 g/mol. The Morgan fingerprint density at radius 3 is 2.46 bits per heavy atom. The van der Waals surface area contributed by atoms with Crippen LogP contribution in [0.25, 0.3) is 0 Å². The number of fused-ring (bicyclic) bond motifs is 1. The number of rotatable bonds is 8. The van der Waals surface area contributed by atoms with E-state index in [1.54, 1.807) is 12.3 Å². The van der Waals surface area contributed by atoms with Crippen LogP contribution in [0.2, 0.25) is 0 Å². The van der Waals surface area contributed by atoms with Crippen molar-refractivity contribution in [1.29, 1.82) is 0 Å². The smallest absolute Gasteiger partial charge is 0.282 e. The molecular formula is C35H45F2N5O4. The van der Waals surface area contributed by atoms with Gasteiger partial charge in [-0.2, -0.15) is 4.99 Å². The molecule has 2 saturated heterocycles. The van der Waals surface area contributed by atoms with Crippen LogP contribution < -0.4 is 9.64 Å². The summed E-state index contributed by atoms with van der Waals surface area (Å²) in [5.74, 6) is -2.08. The fourth-order valence-electron chi connectivity index (χ4n) is 7.40. The molecule has 0 unspecified atom stereocenters. The molecule has 3 aliphatic heterocycles. The molecule has 6 rings (SSSR count). The van der Waals surface area contributed by atoms with E-state index in [0.717, 1.165) is 49.3 Å². The number of piperidine rings is 1. The normalized spacial score (nSPS) is 24.5. The van der Waals surface area contributed by atoms with Gasteiger partial charge in [-0.3, -0.25) is 14.5 Å². The largest absolute Gasteiger partial charge is 0.476 e. The second kappa shape index (κ2) is 13.0. The molecule has 46 heavy (non-hydrogen) atoms. The lowest BCUT2D eigenvalue weighted by atomic mass is 9.83. The number of alkyl halides is 2. The second-order valence-electron chi connectivity index (χ2n) is 14.1. The Balaban J connectivity index is 1.14. The first-order valence-corrected chi connectivity index (χ1v) is 16.6. The Bertz CT molecular complexity index is 1470. The minimum Gasteiger partial charge on any atom is -0.476 e. The van der Waals surface area contributed by atoms with Gasteiger partial charge in [0, 0.05) is 48.3 Å². The van der Waals surface area contributed by atoms with E-state index in [4.69, 9.17) is 4.74 Å². The third-order valence-electron chi connectivity index (χ3n) is 10.1. The van der Waals surface area contributed by atoms with Crippen LogP contribution in [0.3, 0.4) is 0 Å². The predicted molar refractivity (Wildman–Crippen MR) is 172 cm³/mol. The number of pyridine rings is 1. The van der Waals surface area contributed by atoms with E-state index in [1.807, 2.05) is 45.0 Å². The van der Waals surface area contributed by atoms with Crippen LogP contribution in [0.4, 0.5) is 14.5 Å². The number of hydrogen-bond donors (Lipinski definition) is 1. The SMILES string of the molecule is Cc1cccc(C(=O)N=C2Cc3cnc(OCCN4CCC(C(C)(C)O)CC4)cc3N2C2CCC(C(=O)N3CC(F)(F)C3)CC2)c1. The first-order valence-electron chi connectivity index (χ1n) is 16.6. The van der Waals surface area contributed by atoms with Crippen LogP contribution in [-0.2, 0) is 11.2 Å². The van der Waals surface area contributed by atoms with Crippen LogP contribution in [0.15, 0.2) is 41.5 Å². The molecule has 11 heteroatoms. The lowest BCUT2D eigenvalue weighted by molar-refractivity contribution is -0.170. The molecule has 4 aliphatic rings. The zero-order chi connectivity index (χ0) is 32.6. The number of halogens is 2. The number of amidine groups is 1. The number of benzene rings is 1. The number of aliphatic hydroxyl groups is 1. The van der Waals surface area contributed by atoms with Gasteiger partial charge in [0.2, 0.25) is 11.8 Å². The van der Waals surface area contributed by atoms with Gasteiger partial charge in [-0.15, -0.1) is 0 Å². The molecule has 248 valence electrons. The van der Waals surface area contributed by atoms with Crippen LogP contribution >= 0.6 is 0 Å². The number of carbonyl (C=O) groups is 2. The van der Waals surface area contributed by atoms with Gasteiger partial charge >= 0.3 is 0 Å². The number of aromatic nitrogens is 1. The van der Waals surface area contributed by atoms with Crippen molar-refractivity contribution in [3.8, 4) is 5.88 Å². The summed E-state index contributed by atoms with van der Waals surface area (Å²) >= 11 is 0. The maximum absolute atomic E-state index is 13.4. The molecule has 1 N–H and O–H groups in total. The van der Waals surface area contributed by atoms with Crippen molar-refractivity contribution in [2.45, 2.75) is 83.3 Å². The van der Waals surface area contributed by atoms with Gasteiger partial charge in [0.05, 0.1) is 24.4 Å².